The van der Waals surface area contributed by atoms with Crippen molar-refractivity contribution in [2.45, 2.75) is 12.8 Å². The predicted octanol–water partition coefficient (Wildman–Crippen LogP) is 2.83. The summed E-state index contributed by atoms with van der Waals surface area (Å²) in [7, 11) is 0. The first-order valence-corrected chi connectivity index (χ1v) is 6.54. The van der Waals surface area contributed by atoms with E-state index in [1.54, 1.807) is 0 Å². The Morgan fingerprint density at radius 3 is 3.00 bits per heavy atom. The Labute approximate surface area is 113 Å². The van der Waals surface area contributed by atoms with Gasteiger partial charge in [-0.25, -0.2) is 0 Å². The highest BCUT2D eigenvalue weighted by atomic mass is 16.5. The number of ether oxygens (including phenoxy) is 2. The number of hydrogen-bond donors (Lipinski definition) is 1. The molecule has 3 heteroatoms. The number of benzene rings is 2. The maximum atomic E-state index is 5.71. The Hall–Kier alpha value is -2.16. The van der Waals surface area contributed by atoms with Crippen LogP contribution in [0.2, 0.25) is 0 Å². The van der Waals surface area contributed by atoms with Gasteiger partial charge in [0.15, 0.2) is 0 Å². The first-order chi connectivity index (χ1) is 9.31. The lowest BCUT2D eigenvalue weighted by Gasteiger charge is -2.07. The maximum Gasteiger partial charge on any atom is 0.122 e. The minimum absolute atomic E-state index is 0.656. The molecule has 0 aliphatic carbocycles. The van der Waals surface area contributed by atoms with Crippen molar-refractivity contribution in [2.75, 3.05) is 18.9 Å². The van der Waals surface area contributed by atoms with E-state index in [0.717, 1.165) is 36.6 Å². The molecule has 1 heterocycles. The largest absolute Gasteiger partial charge is 0.493 e. The molecular weight excluding hydrogens is 238 g/mol. The molecule has 0 unspecified atom stereocenters. The molecule has 0 spiro atoms. The quantitative estimate of drug-likeness (QED) is 0.854. The van der Waals surface area contributed by atoms with E-state index in [4.69, 9.17) is 15.2 Å². The van der Waals surface area contributed by atoms with Gasteiger partial charge in [0.1, 0.15) is 11.5 Å². The Morgan fingerprint density at radius 2 is 2.11 bits per heavy atom. The molecule has 2 aromatic carbocycles. The van der Waals surface area contributed by atoms with E-state index in [-0.39, 0.29) is 0 Å². The van der Waals surface area contributed by atoms with Gasteiger partial charge in [0, 0.05) is 24.6 Å². The lowest BCUT2D eigenvalue weighted by molar-refractivity contribution is 0.322. The third kappa shape index (κ3) is 2.81. The number of hydrogen-bond acceptors (Lipinski definition) is 3. The summed E-state index contributed by atoms with van der Waals surface area (Å²) in [5, 5.41) is 0. The van der Waals surface area contributed by atoms with Crippen molar-refractivity contribution < 1.29 is 9.47 Å². The van der Waals surface area contributed by atoms with Crippen molar-refractivity contribution in [3.05, 3.63) is 53.6 Å². The van der Waals surface area contributed by atoms with Crippen molar-refractivity contribution in [2.24, 2.45) is 0 Å². The zero-order valence-corrected chi connectivity index (χ0v) is 10.8. The van der Waals surface area contributed by atoms with Crippen molar-refractivity contribution in [3.8, 4) is 11.5 Å². The smallest absolute Gasteiger partial charge is 0.122 e. The minimum atomic E-state index is 0.656. The first-order valence-electron chi connectivity index (χ1n) is 6.54. The Kier molecular flexibility index (Phi) is 3.27. The zero-order chi connectivity index (χ0) is 13.1. The van der Waals surface area contributed by atoms with Gasteiger partial charge in [-0.15, -0.1) is 0 Å². The molecular formula is C16H17NO2. The zero-order valence-electron chi connectivity index (χ0n) is 10.8. The van der Waals surface area contributed by atoms with E-state index >= 15 is 0 Å². The van der Waals surface area contributed by atoms with Gasteiger partial charge in [-0.3, -0.25) is 0 Å². The van der Waals surface area contributed by atoms with E-state index < -0.39 is 0 Å². The Bertz CT molecular complexity index is 581. The predicted molar refractivity (Wildman–Crippen MR) is 75.7 cm³/mol. The summed E-state index contributed by atoms with van der Waals surface area (Å²) in [5.74, 6) is 1.85. The average molecular weight is 255 g/mol. The van der Waals surface area contributed by atoms with E-state index in [9.17, 15) is 0 Å². The summed E-state index contributed by atoms with van der Waals surface area (Å²) < 4.78 is 11.2. The molecule has 0 atom stereocenters. The van der Waals surface area contributed by atoms with Crippen molar-refractivity contribution in [1.29, 1.82) is 0 Å². The van der Waals surface area contributed by atoms with Crippen molar-refractivity contribution in [1.82, 2.24) is 0 Å². The lowest BCUT2D eigenvalue weighted by Crippen LogP contribution is -2.02. The molecule has 1 aliphatic rings. The third-order valence-corrected chi connectivity index (χ3v) is 3.27. The maximum absolute atomic E-state index is 5.71. The van der Waals surface area contributed by atoms with Gasteiger partial charge in [-0.1, -0.05) is 18.2 Å². The van der Waals surface area contributed by atoms with Crippen LogP contribution >= 0.6 is 0 Å². The number of anilines is 1. The second-order valence-electron chi connectivity index (χ2n) is 4.71. The van der Waals surface area contributed by atoms with Gasteiger partial charge < -0.3 is 15.2 Å². The molecule has 3 rings (SSSR count). The topological polar surface area (TPSA) is 44.5 Å². The SMILES string of the molecule is Nc1cccc(OCCc2ccc3c(c2)CCO3)c1. The van der Waals surface area contributed by atoms with Crippen LogP contribution in [-0.4, -0.2) is 13.2 Å². The van der Waals surface area contributed by atoms with E-state index in [0.29, 0.717) is 6.61 Å². The second kappa shape index (κ2) is 5.22. The van der Waals surface area contributed by atoms with Gasteiger partial charge in [0.25, 0.3) is 0 Å². The molecule has 0 saturated carbocycles. The normalized spacial score (nSPS) is 12.8. The van der Waals surface area contributed by atoms with Crippen LogP contribution in [0.4, 0.5) is 5.69 Å². The third-order valence-electron chi connectivity index (χ3n) is 3.27. The average Bonchev–Trinajstić information content (AvgIpc) is 2.86. The van der Waals surface area contributed by atoms with Crippen molar-refractivity contribution in [3.63, 3.8) is 0 Å². The van der Waals surface area contributed by atoms with Crippen LogP contribution < -0.4 is 15.2 Å². The van der Waals surface area contributed by atoms with E-state index in [1.807, 2.05) is 24.3 Å². The van der Waals surface area contributed by atoms with Crippen LogP contribution in [0.3, 0.4) is 0 Å². The van der Waals surface area contributed by atoms with Gasteiger partial charge in [0.2, 0.25) is 0 Å². The van der Waals surface area contributed by atoms with Crippen LogP contribution in [0.1, 0.15) is 11.1 Å². The number of nitrogen functional groups attached to an aromatic ring is 1. The highest BCUT2D eigenvalue weighted by Gasteiger charge is 2.11. The highest BCUT2D eigenvalue weighted by molar-refractivity contribution is 5.43. The fourth-order valence-electron chi connectivity index (χ4n) is 2.29. The molecule has 1 aliphatic heterocycles. The summed E-state index contributed by atoms with van der Waals surface area (Å²) in [6, 6.07) is 13.9. The van der Waals surface area contributed by atoms with Crippen LogP contribution in [0.25, 0.3) is 0 Å². The van der Waals surface area contributed by atoms with Crippen molar-refractivity contribution >= 4 is 5.69 Å². The second-order valence-corrected chi connectivity index (χ2v) is 4.71. The van der Waals surface area contributed by atoms with Gasteiger partial charge in [-0.2, -0.15) is 0 Å². The molecule has 0 fully saturated rings. The molecule has 0 saturated heterocycles. The summed E-state index contributed by atoms with van der Waals surface area (Å²) in [4.78, 5) is 0. The fraction of sp³-hybridized carbons (Fsp3) is 0.250. The van der Waals surface area contributed by atoms with E-state index in [2.05, 4.69) is 18.2 Å². The highest BCUT2D eigenvalue weighted by Crippen LogP contribution is 2.26. The molecule has 0 radical (unpaired) electrons. The van der Waals surface area contributed by atoms with Crippen LogP contribution in [0, 0.1) is 0 Å². The molecule has 2 aromatic rings. The monoisotopic (exact) mass is 255 g/mol. The Balaban J connectivity index is 1.58. The van der Waals surface area contributed by atoms with Gasteiger partial charge in [-0.05, 0) is 29.3 Å². The summed E-state index contributed by atoms with van der Waals surface area (Å²) in [6.07, 6.45) is 1.90. The number of fused-ring (bicyclic) bond motifs is 1. The molecule has 3 nitrogen and oxygen atoms in total. The Morgan fingerprint density at radius 1 is 1.16 bits per heavy atom. The van der Waals surface area contributed by atoms with Gasteiger partial charge >= 0.3 is 0 Å². The summed E-state index contributed by atoms with van der Waals surface area (Å²) >= 11 is 0. The van der Waals surface area contributed by atoms with Crippen LogP contribution in [0.5, 0.6) is 11.5 Å². The molecule has 98 valence electrons. The molecule has 19 heavy (non-hydrogen) atoms. The van der Waals surface area contributed by atoms with Crippen LogP contribution in [-0.2, 0) is 12.8 Å². The standard InChI is InChI=1S/C16H17NO2/c17-14-2-1-3-15(11-14)18-8-6-12-4-5-16-13(10-12)7-9-19-16/h1-5,10-11H,6-9,17H2. The molecule has 0 aromatic heterocycles. The first kappa shape index (κ1) is 11.9. The van der Waals surface area contributed by atoms with Crippen LogP contribution in [0.15, 0.2) is 42.5 Å². The minimum Gasteiger partial charge on any atom is -0.493 e. The van der Waals surface area contributed by atoms with Gasteiger partial charge in [0.05, 0.1) is 13.2 Å². The summed E-state index contributed by atoms with van der Waals surface area (Å²) in [5.41, 5.74) is 9.03. The van der Waals surface area contributed by atoms with E-state index in [1.165, 1.54) is 11.1 Å². The lowest BCUT2D eigenvalue weighted by atomic mass is 10.1. The number of rotatable bonds is 4. The fourth-order valence-corrected chi connectivity index (χ4v) is 2.29. The molecule has 2 N–H and O–H groups in total. The number of nitrogens with two attached hydrogens (primary N) is 1. The molecule has 0 amide bonds. The summed E-state index contributed by atoms with van der Waals surface area (Å²) in [6.45, 7) is 1.46. The molecule has 0 bridgehead atoms.